The molecule has 0 fully saturated rings. The number of benzene rings is 1. The zero-order valence-corrected chi connectivity index (χ0v) is 14.6. The van der Waals surface area contributed by atoms with Crippen molar-refractivity contribution in [1.82, 2.24) is 25.5 Å². The standard InChI is InChI=1S/C16H23N5OS/c1-4-6-7-13-8-10-14(11-9-13)21-16(18-19-20-21)23-12(3)15(22)17-5-2/h8-12H,4-7H2,1-3H3,(H,17,22)/t12-/m1/s1. The zero-order chi connectivity index (χ0) is 16.7. The number of carbonyl (C=O) groups is 1. The van der Waals surface area contributed by atoms with Gasteiger partial charge in [-0.15, -0.1) is 5.10 Å². The van der Waals surface area contributed by atoms with E-state index in [2.05, 4.69) is 39.9 Å². The molecule has 2 aromatic rings. The van der Waals surface area contributed by atoms with Gasteiger partial charge in [-0.05, 0) is 54.8 Å². The zero-order valence-electron chi connectivity index (χ0n) is 13.8. The Labute approximate surface area is 141 Å². The first-order valence-corrected chi connectivity index (χ1v) is 8.85. The maximum Gasteiger partial charge on any atom is 0.233 e. The monoisotopic (exact) mass is 333 g/mol. The number of tetrazole rings is 1. The second-order valence-corrected chi connectivity index (χ2v) is 6.61. The number of amides is 1. The molecule has 0 aliphatic rings. The molecule has 1 aromatic heterocycles. The first-order valence-electron chi connectivity index (χ1n) is 7.97. The highest BCUT2D eigenvalue weighted by Gasteiger charge is 2.18. The van der Waals surface area contributed by atoms with Gasteiger partial charge in [-0.25, -0.2) is 0 Å². The summed E-state index contributed by atoms with van der Waals surface area (Å²) in [7, 11) is 0. The lowest BCUT2D eigenvalue weighted by molar-refractivity contribution is -0.120. The first kappa shape index (κ1) is 17.5. The molecule has 1 N–H and O–H groups in total. The van der Waals surface area contributed by atoms with E-state index in [4.69, 9.17) is 0 Å². The number of hydrogen-bond donors (Lipinski definition) is 1. The van der Waals surface area contributed by atoms with E-state index in [0.29, 0.717) is 11.7 Å². The Balaban J connectivity index is 2.09. The number of rotatable bonds is 8. The van der Waals surface area contributed by atoms with Crippen LogP contribution >= 0.6 is 11.8 Å². The third kappa shape index (κ3) is 4.79. The molecular formula is C16H23N5OS. The Morgan fingerprint density at radius 1 is 1.30 bits per heavy atom. The minimum absolute atomic E-state index is 0.0121. The minimum Gasteiger partial charge on any atom is -0.355 e. The van der Waals surface area contributed by atoms with Gasteiger partial charge in [-0.3, -0.25) is 4.79 Å². The molecule has 0 aliphatic carbocycles. The van der Waals surface area contributed by atoms with E-state index in [9.17, 15) is 4.79 Å². The second kappa shape index (κ2) is 8.67. The van der Waals surface area contributed by atoms with Crippen molar-refractivity contribution >= 4 is 17.7 Å². The fourth-order valence-electron chi connectivity index (χ4n) is 2.13. The van der Waals surface area contributed by atoms with Crippen molar-refractivity contribution in [3.05, 3.63) is 29.8 Å². The van der Waals surface area contributed by atoms with Gasteiger partial charge in [0.2, 0.25) is 11.1 Å². The van der Waals surface area contributed by atoms with Crippen LogP contribution < -0.4 is 5.32 Å². The summed E-state index contributed by atoms with van der Waals surface area (Å²) in [6.07, 6.45) is 3.46. The van der Waals surface area contributed by atoms with E-state index in [1.54, 1.807) is 4.68 Å². The molecule has 124 valence electrons. The average Bonchev–Trinajstić information content (AvgIpc) is 3.01. The summed E-state index contributed by atoms with van der Waals surface area (Å²) in [6.45, 7) is 6.56. The number of nitrogens with zero attached hydrogens (tertiary/aromatic N) is 4. The summed E-state index contributed by atoms with van der Waals surface area (Å²) in [5.41, 5.74) is 2.22. The van der Waals surface area contributed by atoms with Crippen molar-refractivity contribution < 1.29 is 4.79 Å². The fraction of sp³-hybridized carbons (Fsp3) is 0.500. The van der Waals surface area contributed by atoms with Gasteiger partial charge < -0.3 is 5.32 Å². The molecule has 23 heavy (non-hydrogen) atoms. The van der Waals surface area contributed by atoms with Gasteiger partial charge in [-0.2, -0.15) is 4.68 Å². The Bertz CT molecular complexity index is 626. The number of hydrogen-bond acceptors (Lipinski definition) is 5. The Morgan fingerprint density at radius 3 is 2.70 bits per heavy atom. The lowest BCUT2D eigenvalue weighted by Gasteiger charge is -2.10. The highest BCUT2D eigenvalue weighted by molar-refractivity contribution is 8.00. The van der Waals surface area contributed by atoms with Gasteiger partial charge in [-0.1, -0.05) is 37.2 Å². The molecule has 0 saturated heterocycles. The molecule has 0 unspecified atom stereocenters. The summed E-state index contributed by atoms with van der Waals surface area (Å²) < 4.78 is 1.67. The van der Waals surface area contributed by atoms with Gasteiger partial charge in [0.1, 0.15) is 0 Å². The van der Waals surface area contributed by atoms with Crippen LogP contribution in [0, 0.1) is 0 Å². The van der Waals surface area contributed by atoms with Crippen molar-refractivity contribution in [2.24, 2.45) is 0 Å². The van der Waals surface area contributed by atoms with Gasteiger partial charge >= 0.3 is 0 Å². The molecule has 2 rings (SSSR count). The molecule has 6 nitrogen and oxygen atoms in total. The van der Waals surface area contributed by atoms with Crippen molar-refractivity contribution in [3.8, 4) is 5.69 Å². The number of unbranched alkanes of at least 4 members (excludes halogenated alkanes) is 1. The molecule has 0 bridgehead atoms. The van der Waals surface area contributed by atoms with Crippen LogP contribution in [0.15, 0.2) is 29.4 Å². The van der Waals surface area contributed by atoms with Crippen LogP contribution in [0.25, 0.3) is 5.69 Å². The Morgan fingerprint density at radius 2 is 2.04 bits per heavy atom. The smallest absolute Gasteiger partial charge is 0.233 e. The third-order valence-corrected chi connectivity index (χ3v) is 4.48. The first-order chi connectivity index (χ1) is 11.2. The quantitative estimate of drug-likeness (QED) is 0.752. The topological polar surface area (TPSA) is 72.7 Å². The average molecular weight is 333 g/mol. The second-order valence-electron chi connectivity index (χ2n) is 5.30. The molecule has 0 saturated carbocycles. The van der Waals surface area contributed by atoms with E-state index in [-0.39, 0.29) is 11.2 Å². The SMILES string of the molecule is CCCCc1ccc(-n2nnnc2S[C@H](C)C(=O)NCC)cc1. The maximum absolute atomic E-state index is 11.9. The third-order valence-electron chi connectivity index (χ3n) is 3.44. The van der Waals surface area contributed by atoms with Gasteiger partial charge in [0.05, 0.1) is 10.9 Å². The molecule has 1 amide bonds. The lowest BCUT2D eigenvalue weighted by Crippen LogP contribution is -2.30. The van der Waals surface area contributed by atoms with Gasteiger partial charge in [0.15, 0.2) is 0 Å². The van der Waals surface area contributed by atoms with Crippen LogP contribution in [0.3, 0.4) is 0 Å². The summed E-state index contributed by atoms with van der Waals surface area (Å²) >= 11 is 1.35. The minimum atomic E-state index is -0.247. The van der Waals surface area contributed by atoms with Crippen molar-refractivity contribution in [3.63, 3.8) is 0 Å². The highest BCUT2D eigenvalue weighted by Crippen LogP contribution is 2.23. The molecule has 1 atom stereocenters. The van der Waals surface area contributed by atoms with E-state index >= 15 is 0 Å². The summed E-state index contributed by atoms with van der Waals surface area (Å²) in [5.74, 6) is -0.0121. The number of carbonyl (C=O) groups excluding carboxylic acids is 1. The highest BCUT2D eigenvalue weighted by atomic mass is 32.2. The molecular weight excluding hydrogens is 310 g/mol. The molecule has 0 radical (unpaired) electrons. The number of nitrogens with one attached hydrogen (secondary N) is 1. The normalized spacial score (nSPS) is 12.1. The predicted octanol–water partition coefficient (Wildman–Crippen LogP) is 2.62. The molecule has 0 aliphatic heterocycles. The molecule has 0 spiro atoms. The van der Waals surface area contributed by atoms with E-state index in [0.717, 1.165) is 12.1 Å². The molecule has 1 aromatic carbocycles. The van der Waals surface area contributed by atoms with Crippen LogP contribution in [0.2, 0.25) is 0 Å². The van der Waals surface area contributed by atoms with Crippen LogP contribution in [-0.4, -0.2) is 37.9 Å². The number of aryl methyl sites for hydroxylation is 1. The van der Waals surface area contributed by atoms with E-state index in [1.165, 1.54) is 30.2 Å². The lowest BCUT2D eigenvalue weighted by atomic mass is 10.1. The summed E-state index contributed by atoms with van der Waals surface area (Å²) in [4.78, 5) is 11.9. The van der Waals surface area contributed by atoms with Crippen molar-refractivity contribution in [2.45, 2.75) is 50.4 Å². The Hall–Kier alpha value is -1.89. The van der Waals surface area contributed by atoms with E-state index in [1.807, 2.05) is 26.0 Å². The maximum atomic E-state index is 11.9. The van der Waals surface area contributed by atoms with Gasteiger partial charge in [0.25, 0.3) is 0 Å². The van der Waals surface area contributed by atoms with Crippen LogP contribution in [0.1, 0.15) is 39.2 Å². The number of aromatic nitrogens is 4. The fourth-order valence-corrected chi connectivity index (χ4v) is 2.96. The summed E-state index contributed by atoms with van der Waals surface area (Å²) in [5, 5.41) is 15.0. The van der Waals surface area contributed by atoms with Crippen LogP contribution in [0.4, 0.5) is 0 Å². The van der Waals surface area contributed by atoms with E-state index < -0.39 is 0 Å². The summed E-state index contributed by atoms with van der Waals surface area (Å²) in [6, 6.07) is 8.24. The number of thioether (sulfide) groups is 1. The largest absolute Gasteiger partial charge is 0.355 e. The van der Waals surface area contributed by atoms with Crippen LogP contribution in [0.5, 0.6) is 0 Å². The van der Waals surface area contributed by atoms with Gasteiger partial charge in [0, 0.05) is 6.54 Å². The van der Waals surface area contributed by atoms with Crippen LogP contribution in [-0.2, 0) is 11.2 Å². The van der Waals surface area contributed by atoms with Crippen molar-refractivity contribution in [2.75, 3.05) is 6.54 Å². The van der Waals surface area contributed by atoms with Crippen molar-refractivity contribution in [1.29, 1.82) is 0 Å². The Kier molecular flexibility index (Phi) is 6.58. The molecule has 7 heteroatoms. The predicted molar refractivity (Wildman–Crippen MR) is 91.8 cm³/mol. The molecule has 1 heterocycles.